The molecule has 3 heterocycles. The number of aromatic nitrogens is 1. The van der Waals surface area contributed by atoms with Gasteiger partial charge in [-0.2, -0.15) is 0 Å². The van der Waals surface area contributed by atoms with Crippen LogP contribution >= 0.6 is 22.9 Å². The molecule has 1 saturated heterocycles. The van der Waals surface area contributed by atoms with Crippen molar-refractivity contribution in [3.05, 3.63) is 62.5 Å². The van der Waals surface area contributed by atoms with Crippen molar-refractivity contribution in [2.75, 3.05) is 32.9 Å². The van der Waals surface area contributed by atoms with Crippen LogP contribution in [-0.4, -0.2) is 71.7 Å². The number of halogens is 2. The second-order valence-corrected chi connectivity index (χ2v) is 9.24. The van der Waals surface area contributed by atoms with Gasteiger partial charge in [0.05, 0.1) is 25.4 Å². The Kier molecular flexibility index (Phi) is 8.11. The van der Waals surface area contributed by atoms with Crippen LogP contribution in [-0.2, 0) is 19.1 Å². The van der Waals surface area contributed by atoms with E-state index in [-0.39, 0.29) is 30.4 Å². The number of carboxylic acids is 1. The molecule has 1 fully saturated rings. The highest BCUT2D eigenvalue weighted by molar-refractivity contribution is 7.11. The molecule has 2 aliphatic heterocycles. The third kappa shape index (κ3) is 5.69. The van der Waals surface area contributed by atoms with Gasteiger partial charge in [0.15, 0.2) is 10.8 Å². The van der Waals surface area contributed by atoms with Gasteiger partial charge in [0.2, 0.25) is 0 Å². The lowest BCUT2D eigenvalue weighted by Crippen LogP contribution is -2.52. The number of nitrogens with zero attached hydrogens (tertiary/aromatic N) is 3. The van der Waals surface area contributed by atoms with E-state index in [4.69, 9.17) is 26.1 Å². The van der Waals surface area contributed by atoms with Crippen LogP contribution in [0.3, 0.4) is 0 Å². The van der Waals surface area contributed by atoms with Crippen molar-refractivity contribution in [2.45, 2.75) is 25.4 Å². The highest BCUT2D eigenvalue weighted by Gasteiger charge is 2.37. The summed E-state index contributed by atoms with van der Waals surface area (Å²) in [7, 11) is 0. The summed E-state index contributed by atoms with van der Waals surface area (Å²) in [5.41, 5.74) is 1.02. The molecule has 0 bridgehead atoms. The van der Waals surface area contributed by atoms with E-state index in [0.717, 1.165) is 6.07 Å². The number of morpholine rings is 1. The molecule has 1 aromatic carbocycles. The second-order valence-electron chi connectivity index (χ2n) is 7.94. The maximum atomic E-state index is 13.8. The molecule has 2 aliphatic rings. The minimum atomic E-state index is -1.02. The van der Waals surface area contributed by atoms with Crippen LogP contribution in [0.5, 0.6) is 0 Å². The summed E-state index contributed by atoms with van der Waals surface area (Å²) in [6, 6.07) is 2.09. The van der Waals surface area contributed by atoms with E-state index in [1.807, 2.05) is 6.92 Å². The quantitative estimate of drug-likeness (QED) is 0.509. The normalized spacial score (nSPS) is 20.8. The van der Waals surface area contributed by atoms with Crippen LogP contribution in [0.1, 0.15) is 30.0 Å². The molecule has 0 radical (unpaired) electrons. The number of hydrogen-bond acceptors (Lipinski definition) is 9. The van der Waals surface area contributed by atoms with Gasteiger partial charge in [-0.15, -0.1) is 11.3 Å². The van der Waals surface area contributed by atoms with Crippen LogP contribution in [0.15, 0.2) is 46.0 Å². The van der Waals surface area contributed by atoms with Gasteiger partial charge in [0, 0.05) is 40.9 Å². The number of rotatable bonds is 8. The number of thiazole rings is 1. The Balaban J connectivity index is 1.83. The standard InChI is InChI=1S/C23H24ClFN4O5S/c1-2-7-34-23(32)18-16(11-29-6-8-33-12-17(29)22(30)31)27-20(21-26-5-9-35-21)28-19(18)14-4-3-13(25)10-15(14)24/h3-5,9-10,17,19H,2,6-8,11-12H2,1H3,(H,27,28)(H,30,31). The van der Waals surface area contributed by atoms with Gasteiger partial charge in [-0.05, 0) is 18.6 Å². The third-order valence-corrected chi connectivity index (χ3v) is 6.67. The van der Waals surface area contributed by atoms with Gasteiger partial charge in [0.25, 0.3) is 0 Å². The maximum Gasteiger partial charge on any atom is 0.338 e. The number of esters is 1. The first-order chi connectivity index (χ1) is 16.9. The lowest BCUT2D eigenvalue weighted by molar-refractivity contribution is -0.149. The number of benzene rings is 1. The molecule has 2 atom stereocenters. The molecule has 0 saturated carbocycles. The van der Waals surface area contributed by atoms with Gasteiger partial charge < -0.3 is 19.9 Å². The van der Waals surface area contributed by atoms with E-state index in [2.05, 4.69) is 10.3 Å². The first kappa shape index (κ1) is 25.2. The fourth-order valence-corrected chi connectivity index (χ4v) is 4.75. The number of carboxylic acid groups (broad SMARTS) is 1. The van der Waals surface area contributed by atoms with Gasteiger partial charge >= 0.3 is 11.9 Å². The second kappa shape index (κ2) is 11.3. The molecule has 0 aliphatic carbocycles. The van der Waals surface area contributed by atoms with Crippen molar-refractivity contribution in [1.82, 2.24) is 15.2 Å². The number of carbonyl (C=O) groups excluding carboxylic acids is 1. The van der Waals surface area contributed by atoms with Crippen LogP contribution in [0.25, 0.3) is 0 Å². The summed E-state index contributed by atoms with van der Waals surface area (Å²) in [5, 5.41) is 15.3. The van der Waals surface area contributed by atoms with E-state index in [0.29, 0.717) is 41.7 Å². The molecule has 2 unspecified atom stereocenters. The van der Waals surface area contributed by atoms with Gasteiger partial charge in [0.1, 0.15) is 17.9 Å². The molecule has 0 spiro atoms. The van der Waals surface area contributed by atoms with Crippen molar-refractivity contribution < 1.29 is 28.6 Å². The van der Waals surface area contributed by atoms with Crippen molar-refractivity contribution >= 4 is 40.7 Å². The van der Waals surface area contributed by atoms with Crippen molar-refractivity contribution in [1.29, 1.82) is 0 Å². The zero-order valence-electron chi connectivity index (χ0n) is 18.9. The van der Waals surface area contributed by atoms with Gasteiger partial charge in [-0.1, -0.05) is 24.6 Å². The molecular weight excluding hydrogens is 499 g/mol. The minimum absolute atomic E-state index is 0.0267. The van der Waals surface area contributed by atoms with Crippen LogP contribution in [0, 0.1) is 5.82 Å². The van der Waals surface area contributed by atoms with E-state index in [1.54, 1.807) is 16.5 Å². The number of nitrogens with one attached hydrogen (secondary N) is 1. The summed E-state index contributed by atoms with van der Waals surface area (Å²) in [4.78, 5) is 35.9. The molecule has 35 heavy (non-hydrogen) atoms. The molecule has 1 aromatic heterocycles. The number of hydrogen-bond donors (Lipinski definition) is 2. The Morgan fingerprint density at radius 3 is 2.94 bits per heavy atom. The molecule has 186 valence electrons. The Labute approximate surface area is 210 Å². The van der Waals surface area contributed by atoms with Crippen molar-refractivity contribution in [2.24, 2.45) is 4.99 Å². The summed E-state index contributed by atoms with van der Waals surface area (Å²) in [5.74, 6) is -1.76. The summed E-state index contributed by atoms with van der Waals surface area (Å²) in [6.07, 6.45) is 2.24. The van der Waals surface area contributed by atoms with E-state index >= 15 is 0 Å². The maximum absolute atomic E-state index is 13.8. The van der Waals surface area contributed by atoms with Crippen LogP contribution in [0.2, 0.25) is 5.02 Å². The SMILES string of the molecule is CCCOC(=O)C1=C(CN2CCOCC2C(=O)O)NC(c2nccs2)=NC1c1ccc(F)cc1Cl. The lowest BCUT2D eigenvalue weighted by Gasteiger charge is -2.35. The summed E-state index contributed by atoms with van der Waals surface area (Å²) < 4.78 is 24.6. The highest BCUT2D eigenvalue weighted by Crippen LogP contribution is 2.37. The van der Waals surface area contributed by atoms with Crippen LogP contribution < -0.4 is 5.32 Å². The Hall–Kier alpha value is -2.86. The molecule has 2 N–H and O–H groups in total. The van der Waals surface area contributed by atoms with Crippen molar-refractivity contribution in [3.63, 3.8) is 0 Å². The number of carbonyl (C=O) groups is 2. The molecule has 4 rings (SSSR count). The van der Waals surface area contributed by atoms with E-state index in [1.165, 1.54) is 23.5 Å². The molecule has 9 nitrogen and oxygen atoms in total. The van der Waals surface area contributed by atoms with Gasteiger partial charge in [-0.25, -0.2) is 14.2 Å². The average molecular weight is 523 g/mol. The number of ether oxygens (including phenoxy) is 2. The molecule has 0 amide bonds. The average Bonchev–Trinajstić information content (AvgIpc) is 3.37. The Morgan fingerprint density at radius 2 is 2.26 bits per heavy atom. The van der Waals surface area contributed by atoms with Crippen molar-refractivity contribution in [3.8, 4) is 0 Å². The number of amidine groups is 1. The minimum Gasteiger partial charge on any atom is -0.480 e. The molecular formula is C23H24ClFN4O5S. The zero-order chi connectivity index (χ0) is 24.9. The third-order valence-electron chi connectivity index (χ3n) is 5.56. The van der Waals surface area contributed by atoms with E-state index < -0.39 is 29.8 Å². The van der Waals surface area contributed by atoms with Crippen LogP contribution in [0.4, 0.5) is 4.39 Å². The summed E-state index contributed by atoms with van der Waals surface area (Å²) >= 11 is 7.74. The Morgan fingerprint density at radius 1 is 1.43 bits per heavy atom. The van der Waals surface area contributed by atoms with Gasteiger partial charge in [-0.3, -0.25) is 14.7 Å². The zero-order valence-corrected chi connectivity index (χ0v) is 20.4. The number of aliphatic carboxylic acids is 1. The van der Waals surface area contributed by atoms with E-state index in [9.17, 15) is 19.1 Å². The molecule has 2 aromatic rings. The predicted octanol–water partition coefficient (Wildman–Crippen LogP) is 3.02. The number of aliphatic imine (C=N–C) groups is 1. The molecule has 12 heteroatoms. The smallest absolute Gasteiger partial charge is 0.338 e. The topological polar surface area (TPSA) is 113 Å². The lowest BCUT2D eigenvalue weighted by atomic mass is 9.95. The monoisotopic (exact) mass is 522 g/mol. The largest absolute Gasteiger partial charge is 0.480 e. The highest BCUT2D eigenvalue weighted by atomic mass is 35.5. The summed E-state index contributed by atoms with van der Waals surface area (Å²) in [6.45, 7) is 2.89. The fourth-order valence-electron chi connectivity index (χ4n) is 3.89. The fraction of sp³-hybridized carbons (Fsp3) is 0.391. The Bertz CT molecular complexity index is 1160. The predicted molar refractivity (Wildman–Crippen MR) is 128 cm³/mol. The first-order valence-corrected chi connectivity index (χ1v) is 12.3. The first-order valence-electron chi connectivity index (χ1n) is 11.0.